The van der Waals surface area contributed by atoms with Gasteiger partial charge in [0.15, 0.2) is 0 Å². The van der Waals surface area contributed by atoms with Crippen LogP contribution in [0.4, 0.5) is 4.39 Å². The lowest BCUT2D eigenvalue weighted by molar-refractivity contribution is 0.150. The summed E-state index contributed by atoms with van der Waals surface area (Å²) >= 11 is 3.18. The third-order valence-electron chi connectivity index (χ3n) is 3.02. The molecule has 1 aromatic carbocycles. The summed E-state index contributed by atoms with van der Waals surface area (Å²) in [7, 11) is 1.52. The summed E-state index contributed by atoms with van der Waals surface area (Å²) in [5.41, 5.74) is 0.737. The Balaban J connectivity index is 2.43. The number of hydrogen-bond donors (Lipinski definition) is 1. The SMILES string of the molecule is COc1c(CC2(O)CC2)cc(Br)c(F)c1C. The van der Waals surface area contributed by atoms with E-state index in [0.29, 0.717) is 22.2 Å². The van der Waals surface area contributed by atoms with Crippen LogP contribution in [0.5, 0.6) is 5.75 Å². The van der Waals surface area contributed by atoms with Gasteiger partial charge in [-0.15, -0.1) is 0 Å². The van der Waals surface area contributed by atoms with Crippen LogP contribution in [-0.4, -0.2) is 17.8 Å². The molecule has 0 spiro atoms. The summed E-state index contributed by atoms with van der Waals surface area (Å²) in [6, 6.07) is 1.69. The largest absolute Gasteiger partial charge is 0.496 e. The van der Waals surface area contributed by atoms with E-state index in [2.05, 4.69) is 15.9 Å². The first-order chi connectivity index (χ1) is 7.47. The fraction of sp³-hybridized carbons (Fsp3) is 0.500. The van der Waals surface area contributed by atoms with Gasteiger partial charge in [0.2, 0.25) is 0 Å². The zero-order valence-corrected chi connectivity index (χ0v) is 10.9. The van der Waals surface area contributed by atoms with E-state index in [4.69, 9.17) is 4.74 Å². The summed E-state index contributed by atoms with van der Waals surface area (Å²) in [6.45, 7) is 1.68. The Labute approximate surface area is 103 Å². The molecule has 0 saturated heterocycles. The van der Waals surface area contributed by atoms with Crippen LogP contribution in [0.2, 0.25) is 0 Å². The Hall–Kier alpha value is -0.610. The topological polar surface area (TPSA) is 29.5 Å². The molecule has 0 amide bonds. The van der Waals surface area contributed by atoms with Crippen molar-refractivity contribution in [3.8, 4) is 5.75 Å². The van der Waals surface area contributed by atoms with Gasteiger partial charge in [-0.05, 0) is 47.3 Å². The smallest absolute Gasteiger partial charge is 0.143 e. The van der Waals surface area contributed by atoms with Crippen molar-refractivity contribution in [1.82, 2.24) is 0 Å². The van der Waals surface area contributed by atoms with E-state index >= 15 is 0 Å². The zero-order valence-electron chi connectivity index (χ0n) is 9.31. The van der Waals surface area contributed by atoms with Crippen LogP contribution < -0.4 is 4.74 Å². The normalized spacial score (nSPS) is 17.3. The average molecular weight is 289 g/mol. The highest BCUT2D eigenvalue weighted by molar-refractivity contribution is 9.10. The maximum Gasteiger partial charge on any atom is 0.143 e. The second kappa shape index (κ2) is 4.00. The van der Waals surface area contributed by atoms with Crippen molar-refractivity contribution in [2.24, 2.45) is 0 Å². The van der Waals surface area contributed by atoms with Crippen molar-refractivity contribution in [2.45, 2.75) is 31.8 Å². The van der Waals surface area contributed by atoms with E-state index in [-0.39, 0.29) is 5.82 Å². The molecule has 1 fully saturated rings. The zero-order chi connectivity index (χ0) is 11.9. The fourth-order valence-electron chi connectivity index (χ4n) is 1.89. The number of aliphatic hydroxyl groups is 1. The molecule has 1 saturated carbocycles. The molecular weight excluding hydrogens is 275 g/mol. The summed E-state index contributed by atoms with van der Waals surface area (Å²) in [5.74, 6) is 0.240. The first-order valence-corrected chi connectivity index (χ1v) is 6.00. The molecule has 1 aliphatic carbocycles. The maximum absolute atomic E-state index is 13.6. The second-order valence-electron chi connectivity index (χ2n) is 4.39. The van der Waals surface area contributed by atoms with Gasteiger partial charge in [0, 0.05) is 12.0 Å². The van der Waals surface area contributed by atoms with Gasteiger partial charge in [0.05, 0.1) is 17.2 Å². The van der Waals surface area contributed by atoms with Crippen molar-refractivity contribution in [2.75, 3.05) is 7.11 Å². The molecular formula is C12H14BrFO2. The van der Waals surface area contributed by atoms with Gasteiger partial charge in [-0.1, -0.05) is 0 Å². The predicted octanol–water partition coefficient (Wildman–Crippen LogP) is 2.97. The highest BCUT2D eigenvalue weighted by atomic mass is 79.9. The van der Waals surface area contributed by atoms with Crippen molar-refractivity contribution in [3.05, 3.63) is 27.5 Å². The van der Waals surface area contributed by atoms with Crippen LogP contribution >= 0.6 is 15.9 Å². The van der Waals surface area contributed by atoms with Crippen molar-refractivity contribution in [3.63, 3.8) is 0 Å². The minimum absolute atomic E-state index is 0.302. The monoisotopic (exact) mass is 288 g/mol. The molecule has 0 heterocycles. The minimum Gasteiger partial charge on any atom is -0.496 e. The van der Waals surface area contributed by atoms with Crippen LogP contribution in [0.3, 0.4) is 0 Å². The second-order valence-corrected chi connectivity index (χ2v) is 5.25. The Morgan fingerprint density at radius 2 is 2.19 bits per heavy atom. The van der Waals surface area contributed by atoms with E-state index in [1.54, 1.807) is 13.0 Å². The summed E-state index contributed by atoms with van der Waals surface area (Å²) in [5, 5.41) is 9.89. The number of hydrogen-bond acceptors (Lipinski definition) is 2. The molecule has 0 aromatic heterocycles. The van der Waals surface area contributed by atoms with Gasteiger partial charge in [-0.3, -0.25) is 0 Å². The Bertz CT molecular complexity index is 428. The average Bonchev–Trinajstić information content (AvgIpc) is 2.93. The van der Waals surface area contributed by atoms with Gasteiger partial charge in [-0.25, -0.2) is 4.39 Å². The van der Waals surface area contributed by atoms with E-state index in [1.165, 1.54) is 7.11 Å². The predicted molar refractivity (Wildman–Crippen MR) is 63.3 cm³/mol. The molecule has 0 aliphatic heterocycles. The Kier molecular flexibility index (Phi) is 2.97. The van der Waals surface area contributed by atoms with Gasteiger partial charge >= 0.3 is 0 Å². The van der Waals surface area contributed by atoms with Gasteiger partial charge in [0.1, 0.15) is 11.6 Å². The number of halogens is 2. The molecule has 0 atom stereocenters. The summed E-state index contributed by atoms with van der Waals surface area (Å²) in [6.07, 6.45) is 2.14. The van der Waals surface area contributed by atoms with Crippen LogP contribution in [0, 0.1) is 12.7 Å². The molecule has 0 unspecified atom stereocenters. The molecule has 0 radical (unpaired) electrons. The molecule has 2 nitrogen and oxygen atoms in total. The van der Waals surface area contributed by atoms with Crippen LogP contribution in [0.25, 0.3) is 0 Å². The molecule has 4 heteroatoms. The molecule has 1 N–H and O–H groups in total. The molecule has 16 heavy (non-hydrogen) atoms. The number of methoxy groups -OCH3 is 1. The summed E-state index contributed by atoms with van der Waals surface area (Å²) in [4.78, 5) is 0. The van der Waals surface area contributed by atoms with E-state index < -0.39 is 5.60 Å². The highest BCUT2D eigenvalue weighted by Gasteiger charge is 2.41. The van der Waals surface area contributed by atoms with E-state index in [1.807, 2.05) is 0 Å². The standard InChI is InChI=1S/C12H14BrFO2/c1-7-10(14)9(13)5-8(11(7)16-2)6-12(15)3-4-12/h5,15H,3-4,6H2,1-2H3. The first-order valence-electron chi connectivity index (χ1n) is 5.21. The Morgan fingerprint density at radius 1 is 1.56 bits per heavy atom. The van der Waals surface area contributed by atoms with Crippen molar-refractivity contribution < 1.29 is 14.2 Å². The quantitative estimate of drug-likeness (QED) is 0.927. The molecule has 88 valence electrons. The number of rotatable bonds is 3. The lowest BCUT2D eigenvalue weighted by Gasteiger charge is -2.15. The van der Waals surface area contributed by atoms with E-state index in [0.717, 1.165) is 18.4 Å². The van der Waals surface area contributed by atoms with E-state index in [9.17, 15) is 9.50 Å². The molecule has 0 bridgehead atoms. The number of ether oxygens (including phenoxy) is 1. The minimum atomic E-state index is -0.600. The number of benzene rings is 1. The third-order valence-corrected chi connectivity index (χ3v) is 3.60. The van der Waals surface area contributed by atoms with Gasteiger partial charge in [0.25, 0.3) is 0 Å². The molecule has 1 aromatic rings. The van der Waals surface area contributed by atoms with Crippen molar-refractivity contribution in [1.29, 1.82) is 0 Å². The lowest BCUT2D eigenvalue weighted by Crippen LogP contribution is -2.12. The van der Waals surface area contributed by atoms with Crippen LogP contribution in [0.1, 0.15) is 24.0 Å². The highest BCUT2D eigenvalue weighted by Crippen LogP contribution is 2.42. The lowest BCUT2D eigenvalue weighted by atomic mass is 10.0. The summed E-state index contributed by atoms with van der Waals surface area (Å²) < 4.78 is 19.3. The third kappa shape index (κ3) is 2.09. The first kappa shape index (κ1) is 11.9. The van der Waals surface area contributed by atoms with Crippen LogP contribution in [0.15, 0.2) is 10.5 Å². The fourth-order valence-corrected chi connectivity index (χ4v) is 2.47. The van der Waals surface area contributed by atoms with Gasteiger partial charge in [-0.2, -0.15) is 0 Å². The van der Waals surface area contributed by atoms with Crippen LogP contribution in [-0.2, 0) is 6.42 Å². The van der Waals surface area contributed by atoms with Gasteiger partial charge < -0.3 is 9.84 Å². The molecule has 2 rings (SSSR count). The molecule has 1 aliphatic rings. The Morgan fingerprint density at radius 3 is 2.69 bits per heavy atom. The van der Waals surface area contributed by atoms with Crippen molar-refractivity contribution >= 4 is 15.9 Å². The maximum atomic E-state index is 13.6.